The Bertz CT molecular complexity index is 881. The van der Waals surface area contributed by atoms with Crippen LogP contribution >= 0.6 is 11.6 Å². The molecule has 2 aromatic rings. The van der Waals surface area contributed by atoms with Crippen molar-refractivity contribution in [2.75, 3.05) is 69.7 Å². The highest BCUT2D eigenvalue weighted by molar-refractivity contribution is 6.30. The molecule has 1 aromatic heterocycles. The van der Waals surface area contributed by atoms with Gasteiger partial charge in [0.2, 0.25) is 11.9 Å². The number of aromatic nitrogens is 3. The van der Waals surface area contributed by atoms with Crippen molar-refractivity contribution in [1.82, 2.24) is 25.0 Å². The maximum atomic E-state index is 6.40. The molecule has 9 nitrogen and oxygen atoms in total. The van der Waals surface area contributed by atoms with Crippen LogP contribution in [0.2, 0.25) is 5.02 Å². The normalized spacial score (nSPS) is 26.0. The molecule has 1 aromatic carbocycles. The van der Waals surface area contributed by atoms with Crippen molar-refractivity contribution >= 4 is 23.5 Å². The third-order valence-corrected chi connectivity index (χ3v) is 7.32. The molecular formula is C23H34ClN7O2. The highest BCUT2D eigenvalue weighted by Gasteiger charge is 2.36. The summed E-state index contributed by atoms with van der Waals surface area (Å²) in [6.45, 7) is 8.19. The van der Waals surface area contributed by atoms with Gasteiger partial charge in [0.15, 0.2) is 0 Å². The monoisotopic (exact) mass is 475 g/mol. The van der Waals surface area contributed by atoms with Crippen LogP contribution < -0.4 is 10.6 Å². The van der Waals surface area contributed by atoms with Crippen molar-refractivity contribution in [2.24, 2.45) is 0 Å². The summed E-state index contributed by atoms with van der Waals surface area (Å²) in [7, 11) is 0. The first-order chi connectivity index (χ1) is 16.1. The summed E-state index contributed by atoms with van der Waals surface area (Å²) in [6.07, 6.45) is 3.36. The fourth-order valence-corrected chi connectivity index (χ4v) is 5.41. The van der Waals surface area contributed by atoms with Crippen molar-refractivity contribution in [3.05, 3.63) is 34.9 Å². The van der Waals surface area contributed by atoms with Crippen LogP contribution in [-0.2, 0) is 15.9 Å². The van der Waals surface area contributed by atoms with Crippen LogP contribution in [-0.4, -0.2) is 102 Å². The lowest BCUT2D eigenvalue weighted by molar-refractivity contribution is -0.0973. The third-order valence-electron chi connectivity index (χ3n) is 7.07. The maximum Gasteiger partial charge on any atom is 0.246 e. The Labute approximate surface area is 200 Å². The number of morpholine rings is 2. The number of nitrogen functional groups attached to an aromatic ring is 1. The number of ether oxygens (including phenoxy) is 2. The fraction of sp³-hybridized carbons (Fsp3) is 0.652. The van der Waals surface area contributed by atoms with E-state index in [-0.39, 0.29) is 6.10 Å². The second-order valence-electron chi connectivity index (χ2n) is 9.29. The summed E-state index contributed by atoms with van der Waals surface area (Å²) in [5.74, 6) is 1.07. The lowest BCUT2D eigenvalue weighted by Crippen LogP contribution is -2.59. The minimum absolute atomic E-state index is 0.232. The Balaban J connectivity index is 1.25. The number of hydrogen-bond acceptors (Lipinski definition) is 8. The number of halogens is 1. The molecule has 0 radical (unpaired) electrons. The van der Waals surface area contributed by atoms with Gasteiger partial charge in [0.05, 0.1) is 25.9 Å². The van der Waals surface area contributed by atoms with Crippen LogP contribution in [0.4, 0.5) is 11.9 Å². The predicted molar refractivity (Wildman–Crippen MR) is 129 cm³/mol. The standard InChI is InChI=1S/C23H34ClN7O2/c24-18-3-1-17(2-4-18)13-20-16-33-21(14-29-9-11-32-12-10-29)15-31(20)19-5-7-30(8-6-19)23-26-22(25)27-28-23/h1-4,19-21H,5-16H2,(H3,25,26,27,28). The first-order valence-corrected chi connectivity index (χ1v) is 12.4. The van der Waals surface area contributed by atoms with E-state index in [1.807, 2.05) is 12.1 Å². The third kappa shape index (κ3) is 5.78. The van der Waals surface area contributed by atoms with E-state index in [2.05, 4.69) is 42.0 Å². The molecule has 3 fully saturated rings. The van der Waals surface area contributed by atoms with Crippen molar-refractivity contribution in [2.45, 2.75) is 37.5 Å². The van der Waals surface area contributed by atoms with Crippen molar-refractivity contribution in [3.8, 4) is 0 Å². The largest absolute Gasteiger partial charge is 0.379 e. The molecule has 3 N–H and O–H groups in total. The fourth-order valence-electron chi connectivity index (χ4n) is 5.28. The van der Waals surface area contributed by atoms with Gasteiger partial charge < -0.3 is 20.1 Å². The number of aromatic amines is 1. The molecular weight excluding hydrogens is 442 g/mol. The average Bonchev–Trinajstić information content (AvgIpc) is 3.28. The summed E-state index contributed by atoms with van der Waals surface area (Å²) in [6, 6.07) is 9.11. The zero-order valence-corrected chi connectivity index (χ0v) is 19.8. The number of nitrogens with one attached hydrogen (secondary N) is 1. The zero-order valence-electron chi connectivity index (χ0n) is 19.0. The van der Waals surface area contributed by atoms with Gasteiger partial charge in [-0.2, -0.15) is 4.98 Å². The molecule has 3 saturated heterocycles. The predicted octanol–water partition coefficient (Wildman–Crippen LogP) is 1.65. The van der Waals surface area contributed by atoms with E-state index in [0.29, 0.717) is 24.0 Å². The first-order valence-electron chi connectivity index (χ1n) is 12.0. The van der Waals surface area contributed by atoms with Gasteiger partial charge in [-0.05, 0) is 37.0 Å². The number of H-pyrrole nitrogens is 1. The molecule has 4 heterocycles. The average molecular weight is 476 g/mol. The number of nitrogens with two attached hydrogens (primary N) is 1. The van der Waals surface area contributed by atoms with Gasteiger partial charge in [-0.25, -0.2) is 5.10 Å². The molecule has 180 valence electrons. The molecule has 2 unspecified atom stereocenters. The number of nitrogens with zero attached hydrogens (tertiary/aromatic N) is 5. The van der Waals surface area contributed by atoms with Gasteiger partial charge in [0, 0.05) is 56.4 Å². The minimum Gasteiger partial charge on any atom is -0.379 e. The molecule has 5 rings (SSSR count). The first kappa shape index (κ1) is 22.9. The van der Waals surface area contributed by atoms with Crippen molar-refractivity contribution in [3.63, 3.8) is 0 Å². The van der Waals surface area contributed by atoms with Gasteiger partial charge in [-0.1, -0.05) is 23.7 Å². The van der Waals surface area contributed by atoms with E-state index in [9.17, 15) is 0 Å². The molecule has 0 aliphatic carbocycles. The Morgan fingerprint density at radius 1 is 1.09 bits per heavy atom. The van der Waals surface area contributed by atoms with Crippen LogP contribution in [0.3, 0.4) is 0 Å². The quantitative estimate of drug-likeness (QED) is 0.651. The molecule has 2 atom stereocenters. The second-order valence-corrected chi connectivity index (χ2v) is 9.72. The van der Waals surface area contributed by atoms with Gasteiger partial charge in [0.25, 0.3) is 0 Å². The highest BCUT2D eigenvalue weighted by atomic mass is 35.5. The van der Waals surface area contributed by atoms with E-state index < -0.39 is 0 Å². The molecule has 10 heteroatoms. The zero-order chi connectivity index (χ0) is 22.6. The number of hydrogen-bond donors (Lipinski definition) is 2. The van der Waals surface area contributed by atoms with Crippen molar-refractivity contribution < 1.29 is 9.47 Å². The molecule has 0 amide bonds. The Morgan fingerprint density at radius 2 is 1.85 bits per heavy atom. The highest BCUT2D eigenvalue weighted by Crippen LogP contribution is 2.27. The van der Waals surface area contributed by atoms with Crippen LogP contribution in [0, 0.1) is 0 Å². The van der Waals surface area contributed by atoms with E-state index in [1.54, 1.807) is 0 Å². The molecule has 0 bridgehead atoms. The Kier molecular flexibility index (Phi) is 7.32. The molecule has 3 aliphatic rings. The number of anilines is 2. The van der Waals surface area contributed by atoms with E-state index >= 15 is 0 Å². The molecule has 0 saturated carbocycles. The minimum atomic E-state index is 0.232. The number of rotatable bonds is 6. The Hall–Kier alpha value is -1.91. The smallest absolute Gasteiger partial charge is 0.246 e. The van der Waals surface area contributed by atoms with Gasteiger partial charge in [0.1, 0.15) is 0 Å². The summed E-state index contributed by atoms with van der Waals surface area (Å²) >= 11 is 6.11. The Morgan fingerprint density at radius 3 is 2.55 bits per heavy atom. The van der Waals surface area contributed by atoms with E-state index in [1.165, 1.54) is 5.56 Å². The summed E-state index contributed by atoms with van der Waals surface area (Å²) in [5.41, 5.74) is 7.03. The summed E-state index contributed by atoms with van der Waals surface area (Å²) < 4.78 is 11.9. The van der Waals surface area contributed by atoms with Gasteiger partial charge >= 0.3 is 0 Å². The van der Waals surface area contributed by atoms with E-state index in [4.69, 9.17) is 26.8 Å². The second kappa shape index (κ2) is 10.6. The summed E-state index contributed by atoms with van der Waals surface area (Å²) in [4.78, 5) is 11.7. The van der Waals surface area contributed by atoms with Crippen LogP contribution in [0.25, 0.3) is 0 Å². The molecule has 33 heavy (non-hydrogen) atoms. The SMILES string of the molecule is Nc1nc(N2CCC(N3CC(CN4CCOCC4)OCC3Cc3ccc(Cl)cc3)CC2)n[nH]1. The lowest BCUT2D eigenvalue weighted by atomic mass is 9.96. The van der Waals surface area contributed by atoms with Gasteiger partial charge in [-0.3, -0.25) is 9.80 Å². The number of piperidine rings is 1. The van der Waals surface area contributed by atoms with Crippen LogP contribution in [0.1, 0.15) is 18.4 Å². The summed E-state index contributed by atoms with van der Waals surface area (Å²) in [5, 5.41) is 7.76. The maximum absolute atomic E-state index is 6.40. The van der Waals surface area contributed by atoms with Crippen molar-refractivity contribution in [1.29, 1.82) is 0 Å². The topological polar surface area (TPSA) is 95.8 Å². The van der Waals surface area contributed by atoms with Crippen LogP contribution in [0.15, 0.2) is 24.3 Å². The lowest BCUT2D eigenvalue weighted by Gasteiger charge is -2.47. The van der Waals surface area contributed by atoms with E-state index in [0.717, 1.165) is 83.4 Å². The molecule has 3 aliphatic heterocycles. The number of benzene rings is 1. The molecule has 0 spiro atoms. The van der Waals surface area contributed by atoms with Crippen LogP contribution in [0.5, 0.6) is 0 Å². The van der Waals surface area contributed by atoms with Gasteiger partial charge in [-0.15, -0.1) is 5.10 Å².